The van der Waals surface area contributed by atoms with Crippen molar-refractivity contribution in [2.75, 3.05) is 13.7 Å². The molecule has 0 saturated heterocycles. The van der Waals surface area contributed by atoms with Crippen molar-refractivity contribution in [3.8, 4) is 0 Å². The van der Waals surface area contributed by atoms with Crippen molar-refractivity contribution in [2.24, 2.45) is 5.73 Å². The molecule has 1 rings (SSSR count). The first-order valence-corrected chi connectivity index (χ1v) is 7.92. The first kappa shape index (κ1) is 17.0. The first-order valence-electron chi connectivity index (χ1n) is 6.44. The maximum absolute atomic E-state index is 13.7. The molecule has 0 saturated carbocycles. The van der Waals surface area contributed by atoms with E-state index in [-0.39, 0.29) is 24.1 Å². The lowest BCUT2D eigenvalue weighted by Gasteiger charge is -2.17. The molecule has 0 heterocycles. The molecule has 0 aliphatic rings. The molecule has 0 spiro atoms. The van der Waals surface area contributed by atoms with Gasteiger partial charge in [-0.2, -0.15) is 0 Å². The lowest BCUT2D eigenvalue weighted by Crippen LogP contribution is -2.38. The van der Waals surface area contributed by atoms with E-state index in [1.54, 1.807) is 0 Å². The topological polar surface area (TPSA) is 81.4 Å². The van der Waals surface area contributed by atoms with Gasteiger partial charge < -0.3 is 10.5 Å². The first-order chi connectivity index (χ1) is 9.44. The average Bonchev–Trinajstić information content (AvgIpc) is 2.39. The second-order valence-corrected chi connectivity index (χ2v) is 6.21. The van der Waals surface area contributed by atoms with Crippen LogP contribution in [0.3, 0.4) is 0 Å². The minimum absolute atomic E-state index is 0.152. The summed E-state index contributed by atoms with van der Waals surface area (Å²) in [6.45, 7) is 2.33. The molecule has 7 heteroatoms. The van der Waals surface area contributed by atoms with Crippen molar-refractivity contribution >= 4 is 10.0 Å². The maximum atomic E-state index is 13.7. The van der Waals surface area contributed by atoms with E-state index in [4.69, 9.17) is 10.5 Å². The number of ether oxygens (including phenoxy) is 1. The van der Waals surface area contributed by atoms with E-state index in [1.807, 2.05) is 6.92 Å². The van der Waals surface area contributed by atoms with Gasteiger partial charge in [-0.05, 0) is 24.1 Å². The normalized spacial score (nSPS) is 13.4. The van der Waals surface area contributed by atoms with Crippen molar-refractivity contribution in [1.82, 2.24) is 4.72 Å². The fraction of sp³-hybridized carbons (Fsp3) is 0.538. The van der Waals surface area contributed by atoms with Gasteiger partial charge in [0.2, 0.25) is 10.0 Å². The van der Waals surface area contributed by atoms with Crippen molar-refractivity contribution in [2.45, 2.75) is 37.2 Å². The Balaban J connectivity index is 3.03. The molecule has 20 heavy (non-hydrogen) atoms. The van der Waals surface area contributed by atoms with E-state index in [9.17, 15) is 12.8 Å². The number of benzene rings is 1. The van der Waals surface area contributed by atoms with Crippen LogP contribution in [-0.4, -0.2) is 28.2 Å². The summed E-state index contributed by atoms with van der Waals surface area (Å²) < 4.78 is 45.6. The highest BCUT2D eigenvalue weighted by atomic mass is 32.2. The van der Waals surface area contributed by atoms with Crippen LogP contribution >= 0.6 is 0 Å². The van der Waals surface area contributed by atoms with Gasteiger partial charge in [-0.3, -0.25) is 0 Å². The number of sulfonamides is 1. The smallest absolute Gasteiger partial charge is 0.243 e. The molecule has 1 aromatic rings. The highest BCUT2D eigenvalue weighted by molar-refractivity contribution is 7.89. The Kier molecular flexibility index (Phi) is 6.54. The van der Waals surface area contributed by atoms with Crippen LogP contribution in [0.15, 0.2) is 23.1 Å². The summed E-state index contributed by atoms with van der Waals surface area (Å²) in [6, 6.07) is 3.46. The van der Waals surface area contributed by atoms with Crippen molar-refractivity contribution in [3.05, 3.63) is 29.6 Å². The Morgan fingerprint density at radius 2 is 2.15 bits per heavy atom. The third-order valence-electron chi connectivity index (χ3n) is 2.85. The number of hydrogen-bond donors (Lipinski definition) is 2. The van der Waals surface area contributed by atoms with Gasteiger partial charge in [0, 0.05) is 19.7 Å². The summed E-state index contributed by atoms with van der Waals surface area (Å²) in [5.74, 6) is -0.789. The number of methoxy groups -OCH3 is 1. The standard InChI is InChI=1S/C13H21FN2O3S/c1-3-4-11(9-19-2)16-20(17,18)13-7-10(8-15)5-6-12(13)14/h5-7,11,16H,3-4,8-9,15H2,1-2H3. The zero-order valence-corrected chi connectivity index (χ0v) is 12.5. The molecule has 1 aromatic carbocycles. The number of hydrogen-bond acceptors (Lipinski definition) is 4. The van der Waals surface area contributed by atoms with Crippen LogP contribution in [0.5, 0.6) is 0 Å². The Bertz CT molecular complexity index is 528. The monoisotopic (exact) mass is 304 g/mol. The molecular weight excluding hydrogens is 283 g/mol. The van der Waals surface area contributed by atoms with Crippen molar-refractivity contribution < 1.29 is 17.5 Å². The fourth-order valence-electron chi connectivity index (χ4n) is 1.89. The molecule has 0 radical (unpaired) electrons. The molecule has 0 aliphatic heterocycles. The van der Waals surface area contributed by atoms with E-state index in [2.05, 4.69) is 4.72 Å². The second kappa shape index (κ2) is 7.68. The second-order valence-electron chi connectivity index (χ2n) is 4.53. The predicted octanol–water partition coefficient (Wildman–Crippen LogP) is 1.38. The van der Waals surface area contributed by atoms with Gasteiger partial charge in [-0.1, -0.05) is 19.4 Å². The molecule has 0 fully saturated rings. The molecule has 0 amide bonds. The number of halogens is 1. The number of nitrogens with two attached hydrogens (primary N) is 1. The van der Waals surface area contributed by atoms with E-state index in [0.717, 1.165) is 12.5 Å². The summed E-state index contributed by atoms with van der Waals surface area (Å²) in [6.07, 6.45) is 1.41. The van der Waals surface area contributed by atoms with E-state index >= 15 is 0 Å². The Morgan fingerprint density at radius 3 is 2.70 bits per heavy atom. The quantitative estimate of drug-likeness (QED) is 0.760. The van der Waals surface area contributed by atoms with E-state index in [0.29, 0.717) is 12.0 Å². The average molecular weight is 304 g/mol. The zero-order valence-electron chi connectivity index (χ0n) is 11.7. The highest BCUT2D eigenvalue weighted by Crippen LogP contribution is 2.17. The van der Waals surface area contributed by atoms with Crippen LogP contribution in [0.4, 0.5) is 4.39 Å². The summed E-state index contributed by atoms with van der Waals surface area (Å²) in [4.78, 5) is -0.377. The van der Waals surface area contributed by atoms with Gasteiger partial charge in [-0.15, -0.1) is 0 Å². The SMILES string of the molecule is CCCC(COC)NS(=O)(=O)c1cc(CN)ccc1F. The lowest BCUT2D eigenvalue weighted by molar-refractivity contribution is 0.171. The van der Waals surface area contributed by atoms with Crippen LogP contribution in [0.1, 0.15) is 25.3 Å². The highest BCUT2D eigenvalue weighted by Gasteiger charge is 2.23. The van der Waals surface area contributed by atoms with Crippen molar-refractivity contribution in [1.29, 1.82) is 0 Å². The van der Waals surface area contributed by atoms with Gasteiger partial charge in [0.1, 0.15) is 10.7 Å². The van der Waals surface area contributed by atoms with Gasteiger partial charge in [0.15, 0.2) is 0 Å². The lowest BCUT2D eigenvalue weighted by atomic mass is 10.2. The molecule has 1 unspecified atom stereocenters. The van der Waals surface area contributed by atoms with Crippen LogP contribution in [0.25, 0.3) is 0 Å². The molecular formula is C13H21FN2O3S. The molecule has 3 N–H and O–H groups in total. The minimum atomic E-state index is -3.93. The number of nitrogens with one attached hydrogen (secondary N) is 1. The Morgan fingerprint density at radius 1 is 1.45 bits per heavy atom. The van der Waals surface area contributed by atoms with Crippen molar-refractivity contribution in [3.63, 3.8) is 0 Å². The van der Waals surface area contributed by atoms with Gasteiger partial charge >= 0.3 is 0 Å². The van der Waals surface area contributed by atoms with Gasteiger partial charge in [0.05, 0.1) is 6.61 Å². The summed E-state index contributed by atoms with van der Waals surface area (Å²) >= 11 is 0. The Labute approximate surface area is 119 Å². The van der Waals surface area contributed by atoms with Crippen LogP contribution < -0.4 is 10.5 Å². The summed E-state index contributed by atoms with van der Waals surface area (Å²) in [5.41, 5.74) is 6.01. The molecule has 114 valence electrons. The molecule has 5 nitrogen and oxygen atoms in total. The Hall–Kier alpha value is -1.02. The van der Waals surface area contributed by atoms with Crippen LogP contribution in [-0.2, 0) is 21.3 Å². The zero-order chi connectivity index (χ0) is 15.2. The van der Waals surface area contributed by atoms with Gasteiger partial charge in [-0.25, -0.2) is 17.5 Å². The maximum Gasteiger partial charge on any atom is 0.243 e. The van der Waals surface area contributed by atoms with E-state index in [1.165, 1.54) is 19.2 Å². The van der Waals surface area contributed by atoms with Crippen LogP contribution in [0, 0.1) is 5.82 Å². The van der Waals surface area contributed by atoms with Crippen LogP contribution in [0.2, 0.25) is 0 Å². The fourth-order valence-corrected chi connectivity index (χ4v) is 3.27. The molecule has 0 aromatic heterocycles. The molecule has 0 bridgehead atoms. The van der Waals surface area contributed by atoms with E-state index < -0.39 is 15.8 Å². The third-order valence-corrected chi connectivity index (χ3v) is 4.38. The minimum Gasteiger partial charge on any atom is -0.383 e. The number of rotatable bonds is 8. The molecule has 1 atom stereocenters. The third kappa shape index (κ3) is 4.52. The summed E-state index contributed by atoms with van der Waals surface area (Å²) in [5, 5.41) is 0. The largest absolute Gasteiger partial charge is 0.383 e. The van der Waals surface area contributed by atoms with Gasteiger partial charge in [0.25, 0.3) is 0 Å². The summed E-state index contributed by atoms with van der Waals surface area (Å²) in [7, 11) is -2.44. The predicted molar refractivity (Wildman–Crippen MR) is 75.2 cm³/mol. The molecule has 0 aliphatic carbocycles.